The van der Waals surface area contributed by atoms with E-state index >= 15 is 0 Å². The van der Waals surface area contributed by atoms with Crippen LogP contribution < -0.4 is 16.6 Å². The van der Waals surface area contributed by atoms with Gasteiger partial charge in [-0.1, -0.05) is 0 Å². The van der Waals surface area contributed by atoms with Crippen LogP contribution in [0.25, 0.3) is 0 Å². The standard InChI is InChI=1S/C11H16N4O3.ClH/c1-7-5-12-3-4-15(7)10(17)8-6-13-11(18)14(2)9(8)16;/h6-7,12H,3-5H2,1-2H3,(H,13,18);1H/t7-;/m0./s1. The van der Waals surface area contributed by atoms with E-state index in [1.54, 1.807) is 4.90 Å². The highest BCUT2D eigenvalue weighted by Crippen LogP contribution is 2.06. The molecule has 1 atom stereocenters. The Balaban J connectivity index is 0.00000180. The molecule has 2 N–H and O–H groups in total. The van der Waals surface area contributed by atoms with Gasteiger partial charge in [0.1, 0.15) is 5.56 Å². The minimum atomic E-state index is -0.561. The smallest absolute Gasteiger partial charge is 0.328 e. The fraction of sp³-hybridized carbons (Fsp3) is 0.545. The summed E-state index contributed by atoms with van der Waals surface area (Å²) in [5.41, 5.74) is -1.08. The number of rotatable bonds is 1. The van der Waals surface area contributed by atoms with Crippen molar-refractivity contribution in [2.45, 2.75) is 13.0 Å². The highest BCUT2D eigenvalue weighted by molar-refractivity contribution is 5.93. The second-order valence-corrected chi connectivity index (χ2v) is 4.42. The first-order valence-corrected chi connectivity index (χ1v) is 5.82. The zero-order chi connectivity index (χ0) is 13.3. The first-order chi connectivity index (χ1) is 8.52. The number of nitrogens with zero attached hydrogens (tertiary/aromatic N) is 2. The Morgan fingerprint density at radius 2 is 2.11 bits per heavy atom. The van der Waals surface area contributed by atoms with Crippen LogP contribution >= 0.6 is 12.4 Å². The minimum absolute atomic E-state index is 0. The summed E-state index contributed by atoms with van der Waals surface area (Å²) in [6, 6.07) is 0.0304. The Bertz CT molecular complexity index is 580. The normalized spacial score (nSPS) is 18.8. The monoisotopic (exact) mass is 288 g/mol. The molecule has 19 heavy (non-hydrogen) atoms. The van der Waals surface area contributed by atoms with Gasteiger partial charge >= 0.3 is 5.69 Å². The van der Waals surface area contributed by atoms with Gasteiger partial charge in [0.05, 0.1) is 0 Å². The first-order valence-electron chi connectivity index (χ1n) is 5.82. The lowest BCUT2D eigenvalue weighted by molar-refractivity contribution is 0.0652. The van der Waals surface area contributed by atoms with Crippen LogP contribution in [-0.4, -0.2) is 46.0 Å². The Morgan fingerprint density at radius 1 is 1.42 bits per heavy atom. The van der Waals surface area contributed by atoms with Gasteiger partial charge in [-0.15, -0.1) is 12.4 Å². The van der Waals surface area contributed by atoms with Crippen molar-refractivity contribution in [3.05, 3.63) is 32.6 Å². The molecule has 1 fully saturated rings. The Morgan fingerprint density at radius 3 is 2.74 bits per heavy atom. The summed E-state index contributed by atoms with van der Waals surface area (Å²) < 4.78 is 0.903. The molecule has 106 valence electrons. The van der Waals surface area contributed by atoms with Gasteiger partial charge in [0.2, 0.25) is 0 Å². The minimum Gasteiger partial charge on any atom is -0.333 e. The summed E-state index contributed by atoms with van der Waals surface area (Å²) in [6.07, 6.45) is 1.20. The van der Waals surface area contributed by atoms with Crippen molar-refractivity contribution in [2.24, 2.45) is 7.05 Å². The van der Waals surface area contributed by atoms with Crippen molar-refractivity contribution >= 4 is 18.3 Å². The lowest BCUT2D eigenvalue weighted by atomic mass is 10.2. The number of aromatic nitrogens is 2. The first kappa shape index (κ1) is 15.5. The summed E-state index contributed by atoms with van der Waals surface area (Å²) in [6.45, 7) is 3.89. The van der Waals surface area contributed by atoms with Crippen molar-refractivity contribution in [1.82, 2.24) is 19.8 Å². The Labute approximate surface area is 116 Å². The average molecular weight is 289 g/mol. The quantitative estimate of drug-likeness (QED) is 0.689. The fourth-order valence-electron chi connectivity index (χ4n) is 2.02. The maximum absolute atomic E-state index is 12.3. The predicted octanol–water partition coefficient (Wildman–Crippen LogP) is -1.07. The summed E-state index contributed by atoms with van der Waals surface area (Å²) in [4.78, 5) is 39.4. The molecule has 0 aliphatic carbocycles. The molecule has 2 rings (SSSR count). The molecular formula is C11H17ClN4O3. The molecular weight excluding hydrogens is 272 g/mol. The molecule has 0 aromatic carbocycles. The van der Waals surface area contributed by atoms with Gasteiger partial charge in [0.15, 0.2) is 0 Å². The zero-order valence-electron chi connectivity index (χ0n) is 10.8. The van der Waals surface area contributed by atoms with E-state index in [9.17, 15) is 14.4 Å². The number of piperazine rings is 1. The number of H-pyrrole nitrogens is 1. The molecule has 0 bridgehead atoms. The van der Waals surface area contributed by atoms with Crippen LogP contribution in [0.4, 0.5) is 0 Å². The molecule has 1 aliphatic heterocycles. The van der Waals surface area contributed by atoms with Crippen LogP contribution in [0.1, 0.15) is 17.3 Å². The molecule has 0 saturated carbocycles. The van der Waals surface area contributed by atoms with E-state index in [0.29, 0.717) is 19.6 Å². The van der Waals surface area contributed by atoms with Gasteiger partial charge in [-0.05, 0) is 6.92 Å². The van der Waals surface area contributed by atoms with Crippen molar-refractivity contribution in [3.8, 4) is 0 Å². The van der Waals surface area contributed by atoms with E-state index in [1.165, 1.54) is 13.2 Å². The number of aromatic amines is 1. The van der Waals surface area contributed by atoms with E-state index in [2.05, 4.69) is 10.3 Å². The second kappa shape index (κ2) is 6.03. The molecule has 1 aliphatic rings. The summed E-state index contributed by atoms with van der Waals surface area (Å²) >= 11 is 0. The van der Waals surface area contributed by atoms with Gasteiger partial charge < -0.3 is 15.2 Å². The highest BCUT2D eigenvalue weighted by atomic mass is 35.5. The molecule has 0 unspecified atom stereocenters. The molecule has 0 spiro atoms. The average Bonchev–Trinajstić information content (AvgIpc) is 2.36. The lowest BCUT2D eigenvalue weighted by Gasteiger charge is -2.33. The van der Waals surface area contributed by atoms with E-state index < -0.39 is 11.2 Å². The SMILES string of the molecule is C[C@H]1CNCCN1C(=O)c1c[nH]c(=O)n(C)c1=O.Cl. The van der Waals surface area contributed by atoms with Crippen molar-refractivity contribution < 1.29 is 4.79 Å². The zero-order valence-corrected chi connectivity index (χ0v) is 11.6. The number of hydrogen-bond acceptors (Lipinski definition) is 4. The number of amides is 1. The third-order valence-corrected chi connectivity index (χ3v) is 3.17. The predicted molar refractivity (Wildman–Crippen MR) is 72.9 cm³/mol. The van der Waals surface area contributed by atoms with Crippen molar-refractivity contribution in [3.63, 3.8) is 0 Å². The molecule has 8 heteroatoms. The largest absolute Gasteiger partial charge is 0.333 e. The third kappa shape index (κ3) is 2.87. The summed E-state index contributed by atoms with van der Waals surface area (Å²) in [7, 11) is 1.35. The maximum atomic E-state index is 12.3. The van der Waals surface area contributed by atoms with Crippen LogP contribution in [0, 0.1) is 0 Å². The van der Waals surface area contributed by atoms with E-state index in [-0.39, 0.29) is 29.9 Å². The second-order valence-electron chi connectivity index (χ2n) is 4.42. The molecule has 1 saturated heterocycles. The molecule has 0 radical (unpaired) electrons. The molecule has 1 aromatic rings. The van der Waals surface area contributed by atoms with Gasteiger partial charge in [0, 0.05) is 38.9 Å². The molecule has 1 amide bonds. The molecule has 7 nitrogen and oxygen atoms in total. The van der Waals surface area contributed by atoms with Gasteiger partial charge in [-0.2, -0.15) is 0 Å². The van der Waals surface area contributed by atoms with Crippen molar-refractivity contribution in [2.75, 3.05) is 19.6 Å². The fourth-order valence-corrected chi connectivity index (χ4v) is 2.02. The van der Waals surface area contributed by atoms with E-state index in [1.807, 2.05) is 6.92 Å². The number of carbonyl (C=O) groups excluding carboxylic acids is 1. The van der Waals surface area contributed by atoms with E-state index in [4.69, 9.17) is 0 Å². The van der Waals surface area contributed by atoms with Gasteiger partial charge in [-0.3, -0.25) is 14.2 Å². The Hall–Kier alpha value is -1.60. The van der Waals surface area contributed by atoms with Crippen LogP contribution in [0.3, 0.4) is 0 Å². The molecule has 1 aromatic heterocycles. The Kier molecular flexibility index (Phi) is 4.90. The van der Waals surface area contributed by atoms with Crippen LogP contribution in [0.15, 0.2) is 15.8 Å². The molecule has 2 heterocycles. The van der Waals surface area contributed by atoms with Crippen LogP contribution in [-0.2, 0) is 7.05 Å². The number of halogens is 1. The third-order valence-electron chi connectivity index (χ3n) is 3.17. The number of nitrogens with one attached hydrogen (secondary N) is 2. The van der Waals surface area contributed by atoms with Crippen LogP contribution in [0.5, 0.6) is 0 Å². The van der Waals surface area contributed by atoms with Gasteiger partial charge in [0.25, 0.3) is 11.5 Å². The van der Waals surface area contributed by atoms with Gasteiger partial charge in [-0.25, -0.2) is 4.79 Å². The summed E-state index contributed by atoms with van der Waals surface area (Å²) in [5.74, 6) is -0.333. The van der Waals surface area contributed by atoms with Crippen molar-refractivity contribution in [1.29, 1.82) is 0 Å². The number of hydrogen-bond donors (Lipinski definition) is 2. The van der Waals surface area contributed by atoms with E-state index in [0.717, 1.165) is 4.57 Å². The highest BCUT2D eigenvalue weighted by Gasteiger charge is 2.26. The lowest BCUT2D eigenvalue weighted by Crippen LogP contribution is -2.53. The number of carbonyl (C=O) groups is 1. The topological polar surface area (TPSA) is 87.2 Å². The summed E-state index contributed by atoms with van der Waals surface area (Å²) in [5, 5.41) is 3.17. The van der Waals surface area contributed by atoms with Crippen LogP contribution in [0.2, 0.25) is 0 Å². The maximum Gasteiger partial charge on any atom is 0.328 e.